The van der Waals surface area contributed by atoms with Crippen LogP contribution in [-0.2, 0) is 0 Å². The molecule has 1 aliphatic heterocycles. The fourth-order valence-electron chi connectivity index (χ4n) is 2.27. The highest BCUT2D eigenvalue weighted by Gasteiger charge is 2.21. The van der Waals surface area contributed by atoms with Crippen molar-refractivity contribution in [3.05, 3.63) is 30.3 Å². The van der Waals surface area contributed by atoms with E-state index in [4.69, 9.17) is 0 Å². The minimum Gasteiger partial charge on any atom is -0.325 e. The fraction of sp³-hybridized carbons (Fsp3) is 0.562. The van der Waals surface area contributed by atoms with Gasteiger partial charge in [0.25, 0.3) is 0 Å². The Morgan fingerprint density at radius 2 is 1.84 bits per heavy atom. The van der Waals surface area contributed by atoms with Gasteiger partial charge in [-0.1, -0.05) is 45.4 Å². The maximum Gasteiger partial charge on any atom is 0.321 e. The molecule has 1 aromatic carbocycles. The minimum atomic E-state index is 0. The molecular formula is C16H28N2O. The molecule has 3 nitrogen and oxygen atoms in total. The van der Waals surface area contributed by atoms with Crippen LogP contribution in [0.1, 0.15) is 41.5 Å². The van der Waals surface area contributed by atoms with Crippen LogP contribution in [0.15, 0.2) is 30.3 Å². The Morgan fingerprint density at radius 3 is 2.37 bits per heavy atom. The summed E-state index contributed by atoms with van der Waals surface area (Å²) < 4.78 is 0. The molecule has 2 rings (SSSR count). The fourth-order valence-corrected chi connectivity index (χ4v) is 2.27. The van der Waals surface area contributed by atoms with Crippen molar-refractivity contribution in [1.82, 2.24) is 4.90 Å². The zero-order chi connectivity index (χ0) is 14.1. The molecule has 0 radical (unpaired) electrons. The molecule has 3 heteroatoms. The maximum absolute atomic E-state index is 12.0. The van der Waals surface area contributed by atoms with E-state index in [9.17, 15) is 4.79 Å². The first-order valence-electron chi connectivity index (χ1n) is 7.40. The molecule has 0 saturated carbocycles. The lowest BCUT2D eigenvalue weighted by Crippen LogP contribution is -2.40. The summed E-state index contributed by atoms with van der Waals surface area (Å²) in [7, 11) is 0. The molecule has 0 bridgehead atoms. The van der Waals surface area contributed by atoms with E-state index >= 15 is 0 Å². The van der Waals surface area contributed by atoms with Gasteiger partial charge in [-0.2, -0.15) is 0 Å². The van der Waals surface area contributed by atoms with Crippen LogP contribution < -0.4 is 5.32 Å². The van der Waals surface area contributed by atoms with Crippen LogP contribution in [0.5, 0.6) is 0 Å². The van der Waals surface area contributed by atoms with Crippen LogP contribution in [0.25, 0.3) is 0 Å². The van der Waals surface area contributed by atoms with E-state index in [1.807, 2.05) is 49.1 Å². The molecule has 0 aliphatic carbocycles. The van der Waals surface area contributed by atoms with Gasteiger partial charge in [0.15, 0.2) is 0 Å². The van der Waals surface area contributed by atoms with E-state index in [2.05, 4.69) is 12.2 Å². The van der Waals surface area contributed by atoms with Gasteiger partial charge in [0, 0.05) is 20.2 Å². The molecule has 1 aliphatic rings. The SMILES string of the molecule is CC.CCC1CCN(C(=O)Nc2ccccc2)CC1.[HH]. The number of hydrogen-bond acceptors (Lipinski definition) is 1. The monoisotopic (exact) mass is 264 g/mol. The molecule has 0 spiro atoms. The number of likely N-dealkylation sites (tertiary alicyclic amines) is 1. The van der Waals surface area contributed by atoms with Gasteiger partial charge in [-0.05, 0) is 30.9 Å². The third-order valence-electron chi connectivity index (χ3n) is 3.50. The number of amides is 2. The smallest absolute Gasteiger partial charge is 0.321 e. The van der Waals surface area contributed by atoms with Crippen molar-refractivity contribution in [2.75, 3.05) is 18.4 Å². The van der Waals surface area contributed by atoms with Crippen LogP contribution >= 0.6 is 0 Å². The first-order valence-corrected chi connectivity index (χ1v) is 7.40. The van der Waals surface area contributed by atoms with Gasteiger partial charge >= 0.3 is 6.03 Å². The van der Waals surface area contributed by atoms with Crippen molar-refractivity contribution in [3.8, 4) is 0 Å². The number of carbonyl (C=O) groups is 1. The lowest BCUT2D eigenvalue weighted by atomic mass is 9.95. The lowest BCUT2D eigenvalue weighted by Gasteiger charge is -2.31. The average Bonchev–Trinajstić information content (AvgIpc) is 2.50. The number of rotatable bonds is 2. The molecule has 2 amide bonds. The van der Waals surface area contributed by atoms with Crippen molar-refractivity contribution < 1.29 is 6.22 Å². The highest BCUT2D eigenvalue weighted by molar-refractivity contribution is 5.89. The summed E-state index contributed by atoms with van der Waals surface area (Å²) in [6.07, 6.45) is 3.51. The number of urea groups is 1. The molecule has 19 heavy (non-hydrogen) atoms. The average molecular weight is 264 g/mol. The molecule has 1 aromatic rings. The van der Waals surface area contributed by atoms with E-state index in [1.54, 1.807) is 0 Å². The highest BCUT2D eigenvalue weighted by Crippen LogP contribution is 2.20. The number of anilines is 1. The van der Waals surface area contributed by atoms with E-state index in [1.165, 1.54) is 6.42 Å². The maximum atomic E-state index is 12.0. The van der Waals surface area contributed by atoms with Crippen LogP contribution in [0.2, 0.25) is 0 Å². The quantitative estimate of drug-likeness (QED) is 0.831. The summed E-state index contributed by atoms with van der Waals surface area (Å²) in [5, 5.41) is 2.93. The van der Waals surface area contributed by atoms with Crippen molar-refractivity contribution in [1.29, 1.82) is 0 Å². The molecule has 108 valence electrons. The Kier molecular flexibility index (Phi) is 7.01. The summed E-state index contributed by atoms with van der Waals surface area (Å²) in [6, 6.07) is 9.67. The van der Waals surface area contributed by atoms with Crippen LogP contribution in [-0.4, -0.2) is 24.0 Å². The van der Waals surface area contributed by atoms with Crippen molar-refractivity contribution in [2.24, 2.45) is 5.92 Å². The normalized spacial score (nSPS) is 15.4. The van der Waals surface area contributed by atoms with E-state index in [-0.39, 0.29) is 7.46 Å². The molecule has 1 N–H and O–H groups in total. The first-order chi connectivity index (χ1) is 9.29. The number of nitrogens with zero attached hydrogens (tertiary/aromatic N) is 1. The van der Waals surface area contributed by atoms with Gasteiger partial charge in [-0.15, -0.1) is 0 Å². The zero-order valence-electron chi connectivity index (χ0n) is 12.4. The highest BCUT2D eigenvalue weighted by atomic mass is 16.2. The molecule has 1 saturated heterocycles. The van der Waals surface area contributed by atoms with Gasteiger partial charge in [-0.25, -0.2) is 4.79 Å². The molecular weight excluding hydrogens is 236 g/mol. The van der Waals surface area contributed by atoms with Crippen molar-refractivity contribution in [2.45, 2.75) is 40.0 Å². The third kappa shape index (κ3) is 4.93. The second-order valence-electron chi connectivity index (χ2n) is 4.63. The predicted octanol–water partition coefficient (Wildman–Crippen LogP) is 4.61. The van der Waals surface area contributed by atoms with E-state index in [0.29, 0.717) is 0 Å². The number of para-hydroxylation sites is 1. The Bertz CT molecular complexity index is 362. The molecule has 0 atom stereocenters. The Morgan fingerprint density at radius 1 is 1.26 bits per heavy atom. The summed E-state index contributed by atoms with van der Waals surface area (Å²) in [4.78, 5) is 13.9. The molecule has 0 unspecified atom stereocenters. The van der Waals surface area contributed by atoms with Crippen LogP contribution in [0.4, 0.5) is 10.5 Å². The number of piperidine rings is 1. The Balaban J connectivity index is 0.00000115. The van der Waals surface area contributed by atoms with Crippen molar-refractivity contribution >= 4 is 11.7 Å². The third-order valence-corrected chi connectivity index (χ3v) is 3.50. The molecule has 1 heterocycles. The number of nitrogens with one attached hydrogen (secondary N) is 1. The van der Waals surface area contributed by atoms with Gasteiger partial charge in [0.05, 0.1) is 0 Å². The topological polar surface area (TPSA) is 32.3 Å². The largest absolute Gasteiger partial charge is 0.325 e. The van der Waals surface area contributed by atoms with Crippen molar-refractivity contribution in [3.63, 3.8) is 0 Å². The summed E-state index contributed by atoms with van der Waals surface area (Å²) in [5.41, 5.74) is 0.870. The predicted molar refractivity (Wildman–Crippen MR) is 83.5 cm³/mol. The number of carbonyl (C=O) groups excluding carboxylic acids is 1. The van der Waals surface area contributed by atoms with Gasteiger partial charge in [-0.3, -0.25) is 0 Å². The summed E-state index contributed by atoms with van der Waals surface area (Å²) >= 11 is 0. The van der Waals surface area contributed by atoms with E-state index in [0.717, 1.165) is 37.5 Å². The Hall–Kier alpha value is -1.51. The second-order valence-corrected chi connectivity index (χ2v) is 4.63. The molecule has 0 aromatic heterocycles. The van der Waals surface area contributed by atoms with Gasteiger partial charge in [0.1, 0.15) is 0 Å². The van der Waals surface area contributed by atoms with Crippen LogP contribution in [0, 0.1) is 5.92 Å². The first kappa shape index (κ1) is 15.5. The minimum absolute atomic E-state index is 0. The van der Waals surface area contributed by atoms with Crippen LogP contribution in [0.3, 0.4) is 0 Å². The van der Waals surface area contributed by atoms with Gasteiger partial charge < -0.3 is 10.2 Å². The zero-order valence-corrected chi connectivity index (χ0v) is 12.4. The number of hydrogen-bond donors (Lipinski definition) is 1. The molecule has 1 fully saturated rings. The second kappa shape index (κ2) is 8.57. The Labute approximate surface area is 118 Å². The summed E-state index contributed by atoms with van der Waals surface area (Å²) in [5.74, 6) is 0.802. The number of benzene rings is 1. The van der Waals surface area contributed by atoms with Gasteiger partial charge in [0.2, 0.25) is 0 Å². The summed E-state index contributed by atoms with van der Waals surface area (Å²) in [6.45, 7) is 8.00. The standard InChI is InChI=1S/C14H20N2O.C2H6.H2/c1-2-12-8-10-16(11-9-12)14(17)15-13-6-4-3-5-7-13;1-2;/h3-7,12H,2,8-11H2,1H3,(H,15,17);1-2H3;1H. The van der Waals surface area contributed by atoms with E-state index < -0.39 is 0 Å². The lowest BCUT2D eigenvalue weighted by molar-refractivity contribution is 0.181.